The second kappa shape index (κ2) is 5.78. The SMILES string of the molecule is O=[N+]([O-])c1ccc(S(=O)(=O)Nc2cc(F)ccc2Br)cc1. The number of sulfonamides is 1. The van der Waals surface area contributed by atoms with Gasteiger partial charge in [-0.15, -0.1) is 0 Å². The fraction of sp³-hybridized carbons (Fsp3) is 0. The highest BCUT2D eigenvalue weighted by molar-refractivity contribution is 9.10. The normalized spacial score (nSPS) is 11.1. The van der Waals surface area contributed by atoms with Crippen molar-refractivity contribution < 1.29 is 17.7 Å². The fourth-order valence-corrected chi connectivity index (χ4v) is 3.07. The van der Waals surface area contributed by atoms with Crippen LogP contribution in [0.1, 0.15) is 0 Å². The van der Waals surface area contributed by atoms with Gasteiger partial charge in [-0.3, -0.25) is 14.8 Å². The third kappa shape index (κ3) is 3.56. The Hall–Kier alpha value is -2.00. The first kappa shape index (κ1) is 15.4. The molecule has 0 fully saturated rings. The molecule has 0 radical (unpaired) electrons. The summed E-state index contributed by atoms with van der Waals surface area (Å²) in [6.45, 7) is 0. The Bertz CT molecular complexity index is 793. The zero-order chi connectivity index (χ0) is 15.6. The standard InChI is InChI=1S/C12H8BrFN2O4S/c13-11-6-1-8(14)7-12(11)15-21(19,20)10-4-2-9(3-5-10)16(17)18/h1-7,15H. The van der Waals surface area contributed by atoms with Gasteiger partial charge < -0.3 is 0 Å². The van der Waals surface area contributed by atoms with Gasteiger partial charge in [0, 0.05) is 16.6 Å². The summed E-state index contributed by atoms with van der Waals surface area (Å²) >= 11 is 3.10. The number of rotatable bonds is 4. The van der Waals surface area contributed by atoms with Crippen LogP contribution in [0.15, 0.2) is 51.8 Å². The van der Waals surface area contributed by atoms with Gasteiger partial charge in [0.2, 0.25) is 0 Å². The third-order valence-corrected chi connectivity index (χ3v) is 4.60. The number of hydrogen-bond acceptors (Lipinski definition) is 4. The van der Waals surface area contributed by atoms with E-state index in [2.05, 4.69) is 20.7 Å². The number of nitrogens with one attached hydrogen (secondary N) is 1. The van der Waals surface area contributed by atoms with Crippen molar-refractivity contribution in [1.29, 1.82) is 0 Å². The lowest BCUT2D eigenvalue weighted by atomic mass is 10.3. The summed E-state index contributed by atoms with van der Waals surface area (Å²) < 4.78 is 40.0. The highest BCUT2D eigenvalue weighted by Crippen LogP contribution is 2.26. The summed E-state index contributed by atoms with van der Waals surface area (Å²) in [5.74, 6) is -0.598. The monoisotopic (exact) mass is 374 g/mol. The zero-order valence-electron chi connectivity index (χ0n) is 10.3. The molecule has 0 aliphatic carbocycles. The molecule has 0 saturated heterocycles. The highest BCUT2D eigenvalue weighted by atomic mass is 79.9. The second-order valence-electron chi connectivity index (χ2n) is 3.98. The number of nitro groups is 1. The van der Waals surface area contributed by atoms with Crippen LogP contribution < -0.4 is 4.72 Å². The quantitative estimate of drug-likeness (QED) is 0.656. The Kier molecular flexibility index (Phi) is 4.24. The molecule has 0 atom stereocenters. The topological polar surface area (TPSA) is 89.3 Å². The van der Waals surface area contributed by atoms with E-state index in [4.69, 9.17) is 0 Å². The molecule has 0 spiro atoms. The van der Waals surface area contributed by atoms with Crippen LogP contribution in [0, 0.1) is 15.9 Å². The molecule has 2 aromatic carbocycles. The molecule has 2 rings (SSSR count). The molecule has 0 saturated carbocycles. The minimum atomic E-state index is -3.96. The number of anilines is 1. The van der Waals surface area contributed by atoms with E-state index in [0.717, 1.165) is 30.3 Å². The van der Waals surface area contributed by atoms with E-state index in [9.17, 15) is 22.9 Å². The van der Waals surface area contributed by atoms with Crippen molar-refractivity contribution in [3.8, 4) is 0 Å². The van der Waals surface area contributed by atoms with Gasteiger partial charge >= 0.3 is 0 Å². The number of hydrogen-bond donors (Lipinski definition) is 1. The molecule has 0 amide bonds. The van der Waals surface area contributed by atoms with Gasteiger partial charge in [0.15, 0.2) is 0 Å². The van der Waals surface area contributed by atoms with Crippen LogP contribution in [-0.4, -0.2) is 13.3 Å². The van der Waals surface area contributed by atoms with Gasteiger partial charge in [-0.25, -0.2) is 12.8 Å². The zero-order valence-corrected chi connectivity index (χ0v) is 12.7. The van der Waals surface area contributed by atoms with Crippen LogP contribution in [0.5, 0.6) is 0 Å². The summed E-state index contributed by atoms with van der Waals surface area (Å²) in [6, 6.07) is 7.93. The van der Waals surface area contributed by atoms with E-state index in [1.54, 1.807) is 0 Å². The van der Waals surface area contributed by atoms with E-state index in [-0.39, 0.29) is 16.3 Å². The fourth-order valence-electron chi connectivity index (χ4n) is 1.53. The van der Waals surface area contributed by atoms with E-state index < -0.39 is 20.8 Å². The van der Waals surface area contributed by atoms with Crippen molar-refractivity contribution in [2.75, 3.05) is 4.72 Å². The van der Waals surface area contributed by atoms with Crippen LogP contribution in [0.2, 0.25) is 0 Å². The van der Waals surface area contributed by atoms with Gasteiger partial charge in [-0.1, -0.05) is 0 Å². The van der Waals surface area contributed by atoms with E-state index in [0.29, 0.717) is 4.47 Å². The lowest BCUT2D eigenvalue weighted by Crippen LogP contribution is -2.13. The predicted molar refractivity (Wildman–Crippen MR) is 78.0 cm³/mol. The maximum absolute atomic E-state index is 13.1. The number of nitrogens with zero attached hydrogens (tertiary/aromatic N) is 1. The molecule has 6 nitrogen and oxygen atoms in total. The first-order valence-electron chi connectivity index (χ1n) is 5.52. The van der Waals surface area contributed by atoms with Gasteiger partial charge in [-0.05, 0) is 46.3 Å². The Morgan fingerprint density at radius 3 is 2.33 bits per heavy atom. The lowest BCUT2D eigenvalue weighted by Gasteiger charge is -2.09. The molecule has 2 aromatic rings. The summed E-state index contributed by atoms with van der Waals surface area (Å²) in [5, 5.41) is 10.5. The van der Waals surface area contributed by atoms with Crippen LogP contribution in [0.25, 0.3) is 0 Å². The number of halogens is 2. The maximum Gasteiger partial charge on any atom is 0.269 e. The average Bonchev–Trinajstić information content (AvgIpc) is 2.43. The minimum Gasteiger partial charge on any atom is -0.278 e. The first-order valence-corrected chi connectivity index (χ1v) is 7.79. The summed E-state index contributed by atoms with van der Waals surface area (Å²) in [4.78, 5) is 9.73. The molecular formula is C12H8BrFN2O4S. The van der Waals surface area contributed by atoms with Crippen molar-refractivity contribution in [3.05, 3.63) is 62.9 Å². The summed E-state index contributed by atoms with van der Waals surface area (Å²) in [6.07, 6.45) is 0. The Balaban J connectivity index is 2.34. The van der Waals surface area contributed by atoms with Crippen LogP contribution in [0.4, 0.5) is 15.8 Å². The average molecular weight is 375 g/mol. The van der Waals surface area contributed by atoms with Crippen molar-refractivity contribution in [2.24, 2.45) is 0 Å². The third-order valence-electron chi connectivity index (χ3n) is 2.53. The van der Waals surface area contributed by atoms with Crippen molar-refractivity contribution in [3.63, 3.8) is 0 Å². The summed E-state index contributed by atoms with van der Waals surface area (Å²) in [5.41, 5.74) is -0.186. The van der Waals surface area contributed by atoms with Gasteiger partial charge in [0.1, 0.15) is 5.82 Å². The Labute approximate surface area is 127 Å². The first-order chi connectivity index (χ1) is 9.79. The predicted octanol–water partition coefficient (Wildman–Crippen LogP) is 3.30. The molecule has 0 aliphatic heterocycles. The Morgan fingerprint density at radius 1 is 1.14 bits per heavy atom. The molecule has 0 aromatic heterocycles. The molecule has 0 heterocycles. The lowest BCUT2D eigenvalue weighted by molar-refractivity contribution is -0.384. The molecule has 21 heavy (non-hydrogen) atoms. The molecule has 0 aliphatic rings. The number of non-ortho nitro benzene ring substituents is 1. The van der Waals surface area contributed by atoms with Crippen LogP contribution >= 0.6 is 15.9 Å². The number of benzene rings is 2. The molecule has 0 bridgehead atoms. The smallest absolute Gasteiger partial charge is 0.269 e. The maximum atomic E-state index is 13.1. The van der Waals surface area contributed by atoms with Gasteiger partial charge in [-0.2, -0.15) is 0 Å². The van der Waals surface area contributed by atoms with Crippen molar-refractivity contribution in [1.82, 2.24) is 0 Å². The van der Waals surface area contributed by atoms with Crippen LogP contribution in [-0.2, 0) is 10.0 Å². The van der Waals surface area contributed by atoms with Crippen molar-refractivity contribution in [2.45, 2.75) is 4.90 Å². The second-order valence-corrected chi connectivity index (χ2v) is 6.52. The number of nitro benzene ring substituents is 1. The molecule has 9 heteroatoms. The molecule has 110 valence electrons. The molecule has 0 unspecified atom stereocenters. The largest absolute Gasteiger partial charge is 0.278 e. The Morgan fingerprint density at radius 2 is 1.76 bits per heavy atom. The van der Waals surface area contributed by atoms with E-state index in [1.807, 2.05) is 0 Å². The molecule has 1 N–H and O–H groups in total. The van der Waals surface area contributed by atoms with Gasteiger partial charge in [0.25, 0.3) is 15.7 Å². The van der Waals surface area contributed by atoms with Gasteiger partial charge in [0.05, 0.1) is 15.5 Å². The van der Waals surface area contributed by atoms with Crippen LogP contribution in [0.3, 0.4) is 0 Å². The molecular weight excluding hydrogens is 367 g/mol. The minimum absolute atomic E-state index is 0.0355. The van der Waals surface area contributed by atoms with E-state index >= 15 is 0 Å². The summed E-state index contributed by atoms with van der Waals surface area (Å²) in [7, 11) is -3.96. The van der Waals surface area contributed by atoms with E-state index in [1.165, 1.54) is 12.1 Å². The highest BCUT2D eigenvalue weighted by Gasteiger charge is 2.17. The van der Waals surface area contributed by atoms with Crippen molar-refractivity contribution >= 4 is 37.3 Å².